The summed E-state index contributed by atoms with van der Waals surface area (Å²) in [5, 5.41) is 21.7. The van der Waals surface area contributed by atoms with Gasteiger partial charge in [-0.3, -0.25) is 0 Å². The van der Waals surface area contributed by atoms with Crippen LogP contribution in [0.5, 0.6) is 11.5 Å². The van der Waals surface area contributed by atoms with Gasteiger partial charge < -0.3 is 10.2 Å². The predicted molar refractivity (Wildman–Crippen MR) is 119 cm³/mol. The fourth-order valence-corrected chi connectivity index (χ4v) is 4.21. The topological polar surface area (TPSA) is 40.5 Å². The van der Waals surface area contributed by atoms with Crippen LogP contribution in [0.25, 0.3) is 0 Å². The Labute approximate surface area is 170 Å². The molecule has 1 unspecified atom stereocenters. The van der Waals surface area contributed by atoms with Crippen LogP contribution in [-0.2, 0) is 0 Å². The lowest BCUT2D eigenvalue weighted by atomic mass is 9.80. The van der Waals surface area contributed by atoms with Gasteiger partial charge in [0.15, 0.2) is 0 Å². The predicted octanol–water partition coefficient (Wildman–Crippen LogP) is 7.24. The fourth-order valence-electron chi connectivity index (χ4n) is 4.21. The molecule has 1 atom stereocenters. The van der Waals surface area contributed by atoms with Crippen molar-refractivity contribution in [3.63, 3.8) is 0 Å². The van der Waals surface area contributed by atoms with Gasteiger partial charge in [0, 0.05) is 17.0 Å². The van der Waals surface area contributed by atoms with E-state index in [9.17, 15) is 10.2 Å². The van der Waals surface area contributed by atoms with Crippen LogP contribution in [0.4, 0.5) is 0 Å². The first-order chi connectivity index (χ1) is 13.1. The van der Waals surface area contributed by atoms with Gasteiger partial charge in [0.05, 0.1) is 0 Å². The Morgan fingerprint density at radius 1 is 0.893 bits per heavy atom. The summed E-state index contributed by atoms with van der Waals surface area (Å²) in [6, 6.07) is 8.16. The summed E-state index contributed by atoms with van der Waals surface area (Å²) >= 11 is 0. The first kappa shape index (κ1) is 22.1. The molecule has 2 aromatic rings. The van der Waals surface area contributed by atoms with E-state index < -0.39 is 0 Å². The van der Waals surface area contributed by atoms with E-state index in [-0.39, 0.29) is 5.92 Å². The second kappa shape index (κ2) is 9.32. The molecule has 2 nitrogen and oxygen atoms in total. The molecule has 152 valence electrons. The highest BCUT2D eigenvalue weighted by Gasteiger charge is 2.25. The van der Waals surface area contributed by atoms with Crippen molar-refractivity contribution < 1.29 is 10.2 Å². The lowest BCUT2D eigenvalue weighted by Gasteiger charge is -2.26. The van der Waals surface area contributed by atoms with Crippen molar-refractivity contribution in [1.29, 1.82) is 0 Å². The van der Waals surface area contributed by atoms with Gasteiger partial charge in [-0.15, -0.1) is 6.58 Å². The zero-order valence-corrected chi connectivity index (χ0v) is 18.4. The van der Waals surface area contributed by atoms with Crippen molar-refractivity contribution in [3.8, 4) is 11.5 Å². The van der Waals surface area contributed by atoms with Crippen molar-refractivity contribution in [1.82, 2.24) is 0 Å². The van der Waals surface area contributed by atoms with E-state index in [1.54, 1.807) is 0 Å². The third kappa shape index (κ3) is 5.41. The van der Waals surface area contributed by atoms with Gasteiger partial charge in [-0.1, -0.05) is 54.3 Å². The minimum absolute atomic E-state index is 0.0305. The van der Waals surface area contributed by atoms with Gasteiger partial charge in [-0.25, -0.2) is 0 Å². The molecule has 0 amide bonds. The van der Waals surface area contributed by atoms with Crippen LogP contribution in [0, 0.1) is 33.6 Å². The van der Waals surface area contributed by atoms with E-state index in [2.05, 4.69) is 46.4 Å². The van der Waals surface area contributed by atoms with Gasteiger partial charge >= 0.3 is 0 Å². The van der Waals surface area contributed by atoms with Gasteiger partial charge in [-0.2, -0.15) is 0 Å². The molecule has 0 fully saturated rings. The van der Waals surface area contributed by atoms with Crippen molar-refractivity contribution in [2.24, 2.45) is 5.92 Å². The van der Waals surface area contributed by atoms with Crippen LogP contribution in [0.3, 0.4) is 0 Å². The highest BCUT2D eigenvalue weighted by atomic mass is 16.3. The molecule has 0 aliphatic carbocycles. The van der Waals surface area contributed by atoms with Gasteiger partial charge in [0.1, 0.15) is 11.5 Å². The molecular weight excluding hydrogens is 344 g/mol. The molecular formula is C26H36O2. The molecule has 0 heterocycles. The average Bonchev–Trinajstić information content (AvgIpc) is 2.59. The molecule has 0 bridgehead atoms. The Kier molecular flexibility index (Phi) is 7.35. The maximum absolute atomic E-state index is 10.9. The Morgan fingerprint density at radius 2 is 1.36 bits per heavy atom. The summed E-state index contributed by atoms with van der Waals surface area (Å²) in [4.78, 5) is 0. The normalized spacial score (nSPS) is 12.4. The molecule has 0 aromatic heterocycles. The minimum atomic E-state index is -0.0305. The first-order valence-electron chi connectivity index (χ1n) is 10.3. The Hall–Kier alpha value is -2.22. The second-order valence-electron chi connectivity index (χ2n) is 8.78. The van der Waals surface area contributed by atoms with E-state index in [0.717, 1.165) is 59.1 Å². The lowest BCUT2D eigenvalue weighted by Crippen LogP contribution is -2.09. The largest absolute Gasteiger partial charge is 0.507 e. The second-order valence-corrected chi connectivity index (χ2v) is 8.78. The van der Waals surface area contributed by atoms with Gasteiger partial charge in [-0.05, 0) is 70.9 Å². The number of hydrogen-bond acceptors (Lipinski definition) is 2. The average molecular weight is 381 g/mol. The van der Waals surface area contributed by atoms with Crippen LogP contribution in [0.1, 0.15) is 78.8 Å². The summed E-state index contributed by atoms with van der Waals surface area (Å²) in [7, 11) is 0. The maximum Gasteiger partial charge on any atom is 0.122 e. The smallest absolute Gasteiger partial charge is 0.122 e. The van der Waals surface area contributed by atoms with E-state index in [0.29, 0.717) is 17.4 Å². The summed E-state index contributed by atoms with van der Waals surface area (Å²) in [6.45, 7) is 16.4. The van der Waals surface area contributed by atoms with Gasteiger partial charge in [0.2, 0.25) is 0 Å². The number of benzene rings is 2. The number of allylic oxidation sites excluding steroid dienone is 1. The summed E-state index contributed by atoms with van der Waals surface area (Å²) in [5.41, 5.74) is 7.11. The van der Waals surface area contributed by atoms with E-state index in [1.807, 2.05) is 26.0 Å². The number of rotatable bonds is 8. The number of hydrogen-bond donors (Lipinski definition) is 2. The number of aryl methyl sites for hydroxylation is 4. The van der Waals surface area contributed by atoms with Crippen LogP contribution >= 0.6 is 0 Å². The molecule has 0 radical (unpaired) electrons. The third-order valence-corrected chi connectivity index (χ3v) is 5.64. The van der Waals surface area contributed by atoms with Crippen LogP contribution in [-0.4, -0.2) is 10.2 Å². The van der Waals surface area contributed by atoms with Crippen LogP contribution < -0.4 is 0 Å². The standard InChI is InChI=1S/C26H36O2/c1-16(2)9-8-10-17(3)13-22(23-14-18(4)11-20(6)25(23)27)24-15-19(5)12-21(7)26(24)28/h11-12,14-15,17,22,27-28H,1,8-10,13H2,2-7H3. The van der Waals surface area contributed by atoms with Crippen LogP contribution in [0.2, 0.25) is 0 Å². The van der Waals surface area contributed by atoms with Crippen LogP contribution in [0.15, 0.2) is 36.4 Å². The SMILES string of the molecule is C=C(C)CCCC(C)CC(c1cc(C)cc(C)c1O)c1cc(C)cc(C)c1O. The van der Waals surface area contributed by atoms with E-state index in [1.165, 1.54) is 5.57 Å². The van der Waals surface area contributed by atoms with E-state index >= 15 is 0 Å². The monoisotopic (exact) mass is 380 g/mol. The quantitative estimate of drug-likeness (QED) is 0.474. The molecule has 0 saturated heterocycles. The van der Waals surface area contributed by atoms with E-state index in [4.69, 9.17) is 0 Å². The molecule has 0 saturated carbocycles. The van der Waals surface area contributed by atoms with Crippen molar-refractivity contribution in [2.75, 3.05) is 0 Å². The van der Waals surface area contributed by atoms with Crippen molar-refractivity contribution >= 4 is 0 Å². The minimum Gasteiger partial charge on any atom is -0.507 e. The number of phenols is 2. The molecule has 0 spiro atoms. The zero-order chi connectivity index (χ0) is 21.0. The summed E-state index contributed by atoms with van der Waals surface area (Å²) < 4.78 is 0. The molecule has 2 rings (SSSR count). The summed E-state index contributed by atoms with van der Waals surface area (Å²) in [5.74, 6) is 1.15. The van der Waals surface area contributed by atoms with Crippen molar-refractivity contribution in [2.45, 2.75) is 73.1 Å². The lowest BCUT2D eigenvalue weighted by molar-refractivity contribution is 0.415. The molecule has 2 heteroatoms. The third-order valence-electron chi connectivity index (χ3n) is 5.64. The number of phenolic OH excluding ortho intramolecular Hbond substituents is 2. The molecule has 2 N–H and O–H groups in total. The van der Waals surface area contributed by atoms with Crippen molar-refractivity contribution in [3.05, 3.63) is 69.8 Å². The Morgan fingerprint density at radius 3 is 1.79 bits per heavy atom. The Bertz CT molecular complexity index is 790. The fraction of sp³-hybridized carbons (Fsp3) is 0.462. The first-order valence-corrected chi connectivity index (χ1v) is 10.3. The molecule has 28 heavy (non-hydrogen) atoms. The highest BCUT2D eigenvalue weighted by molar-refractivity contribution is 5.53. The summed E-state index contributed by atoms with van der Waals surface area (Å²) in [6.07, 6.45) is 4.18. The highest BCUT2D eigenvalue weighted by Crippen LogP contribution is 2.43. The Balaban J connectivity index is 2.47. The molecule has 0 aliphatic heterocycles. The maximum atomic E-state index is 10.9. The zero-order valence-electron chi connectivity index (χ0n) is 18.4. The molecule has 2 aromatic carbocycles. The van der Waals surface area contributed by atoms with Gasteiger partial charge in [0.25, 0.3) is 0 Å². The molecule has 0 aliphatic rings. The number of aromatic hydroxyl groups is 2.